The highest BCUT2D eigenvalue weighted by Gasteiger charge is 2.33. The molecule has 4 aromatic carbocycles. The normalized spacial score (nSPS) is 12.8. The van der Waals surface area contributed by atoms with Gasteiger partial charge < -0.3 is 4.90 Å². The fourth-order valence-electron chi connectivity index (χ4n) is 4.30. The number of para-hydroxylation sites is 1. The van der Waals surface area contributed by atoms with Gasteiger partial charge in [-0.05, 0) is 53.9 Å². The first kappa shape index (κ1) is 23.5. The van der Waals surface area contributed by atoms with Crippen molar-refractivity contribution in [3.63, 3.8) is 0 Å². The van der Waals surface area contributed by atoms with E-state index in [9.17, 15) is 14.4 Å². The molecule has 0 atom stereocenters. The number of amides is 3. The van der Waals surface area contributed by atoms with Crippen molar-refractivity contribution in [3.8, 4) is 0 Å². The van der Waals surface area contributed by atoms with Crippen molar-refractivity contribution >= 4 is 73.3 Å². The Kier molecular flexibility index (Phi) is 6.36. The van der Waals surface area contributed by atoms with Crippen LogP contribution in [0.3, 0.4) is 0 Å². The third-order valence-electron chi connectivity index (χ3n) is 5.91. The molecule has 35 heavy (non-hydrogen) atoms. The lowest BCUT2D eigenvalue weighted by Gasteiger charge is -2.30. The number of carbonyl (C=O) groups is 3. The number of hydrogen-bond acceptors (Lipinski definition) is 3. The predicted molar refractivity (Wildman–Crippen MR) is 142 cm³/mol. The fraction of sp³-hybridized carbons (Fsp3) is 0.0741. The third kappa shape index (κ3) is 4.33. The van der Waals surface area contributed by atoms with Crippen LogP contribution in [0.25, 0.3) is 10.8 Å². The second-order valence-corrected chi connectivity index (χ2v) is 9.76. The summed E-state index contributed by atoms with van der Waals surface area (Å²) in [6.07, 6.45) is 0. The van der Waals surface area contributed by atoms with E-state index >= 15 is 0 Å². The van der Waals surface area contributed by atoms with Crippen molar-refractivity contribution in [1.29, 1.82) is 0 Å². The van der Waals surface area contributed by atoms with Gasteiger partial charge in [-0.25, -0.2) is 0 Å². The van der Waals surface area contributed by atoms with Crippen LogP contribution in [0, 0.1) is 0 Å². The van der Waals surface area contributed by atoms with Crippen LogP contribution in [0.4, 0.5) is 5.69 Å². The Morgan fingerprint density at radius 3 is 2.17 bits per heavy atom. The Hall–Kier alpha value is -3.19. The number of halogens is 3. The van der Waals surface area contributed by atoms with Gasteiger partial charge in [0, 0.05) is 55.4 Å². The van der Waals surface area contributed by atoms with Gasteiger partial charge in [-0.3, -0.25) is 19.3 Å². The minimum atomic E-state index is -0.391. The maximum atomic E-state index is 13.5. The molecule has 8 heteroatoms. The molecule has 0 aromatic heterocycles. The molecule has 0 unspecified atom stereocenters. The number of hydrogen-bond donors (Lipinski definition) is 0. The molecule has 5 nitrogen and oxygen atoms in total. The van der Waals surface area contributed by atoms with E-state index in [0.717, 1.165) is 9.86 Å². The average Bonchev–Trinajstić information content (AvgIpc) is 2.85. The van der Waals surface area contributed by atoms with Crippen LogP contribution >= 0.6 is 39.1 Å². The van der Waals surface area contributed by atoms with Crippen LogP contribution in [0.15, 0.2) is 83.3 Å². The number of benzene rings is 4. The number of imide groups is 1. The molecule has 174 valence electrons. The van der Waals surface area contributed by atoms with E-state index in [1.54, 1.807) is 42.5 Å². The van der Waals surface area contributed by atoms with E-state index in [4.69, 9.17) is 23.2 Å². The van der Waals surface area contributed by atoms with Gasteiger partial charge in [0.1, 0.15) is 0 Å². The van der Waals surface area contributed by atoms with Crippen LogP contribution in [0.1, 0.15) is 31.1 Å². The minimum absolute atomic E-state index is 0.0124. The monoisotopic (exact) mass is 566 g/mol. The molecule has 1 heterocycles. The van der Waals surface area contributed by atoms with Crippen molar-refractivity contribution in [2.24, 2.45) is 0 Å². The van der Waals surface area contributed by atoms with E-state index in [2.05, 4.69) is 15.9 Å². The highest BCUT2D eigenvalue weighted by atomic mass is 79.9. The first-order valence-electron chi connectivity index (χ1n) is 10.8. The fourth-order valence-corrected chi connectivity index (χ4v) is 5.29. The number of nitrogens with zero attached hydrogens (tertiary/aromatic N) is 2. The summed E-state index contributed by atoms with van der Waals surface area (Å²) in [5.74, 6) is -1.13. The number of carbonyl (C=O) groups excluding carboxylic acids is 3. The molecule has 0 spiro atoms. The highest BCUT2D eigenvalue weighted by Crippen LogP contribution is 2.34. The van der Waals surface area contributed by atoms with Gasteiger partial charge in [0.2, 0.25) is 0 Å². The van der Waals surface area contributed by atoms with Crippen molar-refractivity contribution in [2.75, 3.05) is 18.0 Å². The predicted octanol–water partition coefficient (Wildman–Crippen LogP) is 6.85. The Morgan fingerprint density at radius 2 is 1.49 bits per heavy atom. The zero-order chi connectivity index (χ0) is 24.7. The Labute approximate surface area is 220 Å². The summed E-state index contributed by atoms with van der Waals surface area (Å²) < 4.78 is 0.813. The molecule has 0 aliphatic carbocycles. The molecule has 1 aliphatic rings. The van der Waals surface area contributed by atoms with Crippen LogP contribution in [0.5, 0.6) is 0 Å². The maximum Gasteiger partial charge on any atom is 0.261 e. The van der Waals surface area contributed by atoms with E-state index in [1.807, 2.05) is 24.3 Å². The smallest absolute Gasteiger partial charge is 0.261 e. The van der Waals surface area contributed by atoms with E-state index in [-0.39, 0.29) is 19.0 Å². The maximum absolute atomic E-state index is 13.5. The summed E-state index contributed by atoms with van der Waals surface area (Å²) in [7, 11) is 0. The third-order valence-corrected chi connectivity index (χ3v) is 7.04. The average molecular weight is 568 g/mol. The lowest BCUT2D eigenvalue weighted by molar-refractivity contribution is 0.0611. The van der Waals surface area contributed by atoms with Gasteiger partial charge in [0.15, 0.2) is 0 Å². The highest BCUT2D eigenvalue weighted by molar-refractivity contribution is 9.10. The summed E-state index contributed by atoms with van der Waals surface area (Å²) >= 11 is 15.7. The molecular weight excluding hydrogens is 551 g/mol. The van der Waals surface area contributed by atoms with E-state index in [1.165, 1.54) is 21.9 Å². The topological polar surface area (TPSA) is 57.7 Å². The van der Waals surface area contributed by atoms with Gasteiger partial charge in [0.05, 0.1) is 0 Å². The lowest BCUT2D eigenvalue weighted by Crippen LogP contribution is -2.46. The molecule has 4 aromatic rings. The van der Waals surface area contributed by atoms with Gasteiger partial charge in [0.25, 0.3) is 17.7 Å². The summed E-state index contributed by atoms with van der Waals surface area (Å²) in [6.45, 7) is 0.102. The van der Waals surface area contributed by atoms with E-state index in [0.29, 0.717) is 37.8 Å². The Morgan fingerprint density at radius 1 is 0.829 bits per heavy atom. The van der Waals surface area contributed by atoms with Gasteiger partial charge >= 0.3 is 0 Å². The van der Waals surface area contributed by atoms with Crippen LogP contribution in [-0.2, 0) is 0 Å². The van der Waals surface area contributed by atoms with Crippen LogP contribution in [-0.4, -0.2) is 35.7 Å². The Bertz CT molecular complexity index is 1470. The summed E-state index contributed by atoms with van der Waals surface area (Å²) in [6, 6.07) is 22.6. The molecule has 0 radical (unpaired) electrons. The summed E-state index contributed by atoms with van der Waals surface area (Å²) in [5.41, 5.74) is 1.84. The van der Waals surface area contributed by atoms with Gasteiger partial charge in [-0.1, -0.05) is 69.5 Å². The largest absolute Gasteiger partial charge is 0.307 e. The van der Waals surface area contributed by atoms with Crippen molar-refractivity contribution in [3.05, 3.63) is 110 Å². The van der Waals surface area contributed by atoms with E-state index < -0.39 is 11.8 Å². The number of rotatable bonds is 5. The van der Waals surface area contributed by atoms with Gasteiger partial charge in [-0.15, -0.1) is 0 Å². The Balaban J connectivity index is 1.48. The molecule has 0 saturated carbocycles. The van der Waals surface area contributed by atoms with Crippen LogP contribution in [0.2, 0.25) is 10.0 Å². The second-order valence-electron chi connectivity index (χ2n) is 8.04. The molecule has 0 N–H and O–H groups in total. The molecule has 0 saturated heterocycles. The first-order valence-corrected chi connectivity index (χ1v) is 12.3. The molecule has 0 fully saturated rings. The quantitative estimate of drug-likeness (QED) is 0.248. The SMILES string of the molecule is O=C1c2cccc3c(Br)ccc(c23)C(=O)N1CCN(C(=O)c1cc(Cl)cc(Cl)c1)c1ccccc1. The zero-order valence-corrected chi connectivity index (χ0v) is 21.3. The standard InChI is InChI=1S/C27H17BrCl2N2O3/c28-23-10-9-22-24-20(23)7-4-8-21(24)26(34)32(27(22)35)12-11-31(19-5-2-1-3-6-19)25(33)16-13-17(29)15-18(30)14-16/h1-10,13-15H,11-12H2. The second kappa shape index (κ2) is 9.46. The number of anilines is 1. The minimum Gasteiger partial charge on any atom is -0.307 e. The van der Waals surface area contributed by atoms with Crippen molar-refractivity contribution in [1.82, 2.24) is 4.90 Å². The zero-order valence-electron chi connectivity index (χ0n) is 18.2. The van der Waals surface area contributed by atoms with Crippen molar-refractivity contribution < 1.29 is 14.4 Å². The first-order chi connectivity index (χ1) is 16.8. The summed E-state index contributed by atoms with van der Waals surface area (Å²) in [5, 5.41) is 2.12. The van der Waals surface area contributed by atoms with Gasteiger partial charge in [-0.2, -0.15) is 0 Å². The molecule has 1 aliphatic heterocycles. The lowest BCUT2D eigenvalue weighted by atomic mass is 9.94. The van der Waals surface area contributed by atoms with Crippen molar-refractivity contribution in [2.45, 2.75) is 0 Å². The molecule has 5 rings (SSSR count). The summed E-state index contributed by atoms with van der Waals surface area (Å²) in [4.78, 5) is 42.9. The van der Waals surface area contributed by atoms with Crippen LogP contribution < -0.4 is 4.90 Å². The molecule has 3 amide bonds. The molecular formula is C27H17BrCl2N2O3. The molecule has 0 bridgehead atoms.